The second kappa shape index (κ2) is 8.46. The molecule has 20 heavy (non-hydrogen) atoms. The third-order valence-corrected chi connectivity index (χ3v) is 4.77. The summed E-state index contributed by atoms with van der Waals surface area (Å²) >= 11 is 0. The largest absolute Gasteiger partial charge is 0.357 e. The van der Waals surface area contributed by atoms with E-state index >= 15 is 0 Å². The fourth-order valence-corrected chi connectivity index (χ4v) is 2.88. The third kappa shape index (κ3) is 6.09. The van der Waals surface area contributed by atoms with Crippen LogP contribution in [0.15, 0.2) is 4.99 Å². The van der Waals surface area contributed by atoms with Crippen molar-refractivity contribution in [2.75, 3.05) is 38.5 Å². The Morgan fingerprint density at radius 1 is 1.40 bits per heavy atom. The SMILES string of the molecule is CCNC(=NCCNS(=O)(=O)CC)N1CCCC(C)C1. The van der Waals surface area contributed by atoms with Crippen molar-refractivity contribution in [3.8, 4) is 0 Å². The van der Waals surface area contributed by atoms with Gasteiger partial charge in [0, 0.05) is 26.2 Å². The molecule has 1 aliphatic heterocycles. The van der Waals surface area contributed by atoms with E-state index in [0.717, 1.165) is 25.6 Å². The van der Waals surface area contributed by atoms with Gasteiger partial charge in [0.1, 0.15) is 0 Å². The van der Waals surface area contributed by atoms with Gasteiger partial charge in [0.25, 0.3) is 0 Å². The lowest BCUT2D eigenvalue weighted by molar-refractivity contribution is 0.266. The van der Waals surface area contributed by atoms with Crippen LogP contribution >= 0.6 is 0 Å². The van der Waals surface area contributed by atoms with E-state index in [9.17, 15) is 8.42 Å². The molecule has 0 amide bonds. The van der Waals surface area contributed by atoms with Crippen molar-refractivity contribution in [3.63, 3.8) is 0 Å². The molecule has 0 spiro atoms. The monoisotopic (exact) mass is 304 g/mol. The molecule has 7 heteroatoms. The van der Waals surface area contributed by atoms with Crippen molar-refractivity contribution >= 4 is 16.0 Å². The number of likely N-dealkylation sites (tertiary alicyclic amines) is 1. The Morgan fingerprint density at radius 3 is 2.75 bits per heavy atom. The summed E-state index contributed by atoms with van der Waals surface area (Å²) in [6.07, 6.45) is 2.46. The minimum absolute atomic E-state index is 0.112. The van der Waals surface area contributed by atoms with Crippen LogP contribution in [0.2, 0.25) is 0 Å². The second-order valence-corrected chi connectivity index (χ2v) is 7.32. The van der Waals surface area contributed by atoms with Gasteiger partial charge in [-0.25, -0.2) is 13.1 Å². The average molecular weight is 304 g/mol. The molecular weight excluding hydrogens is 276 g/mol. The summed E-state index contributed by atoms with van der Waals surface area (Å²) in [6.45, 7) is 9.62. The molecule has 0 bridgehead atoms. The summed E-state index contributed by atoms with van der Waals surface area (Å²) in [5.74, 6) is 1.70. The molecule has 0 aromatic rings. The van der Waals surface area contributed by atoms with Gasteiger partial charge >= 0.3 is 0 Å². The number of guanidine groups is 1. The molecule has 1 atom stereocenters. The highest BCUT2D eigenvalue weighted by atomic mass is 32.2. The van der Waals surface area contributed by atoms with Gasteiger partial charge in [-0.15, -0.1) is 0 Å². The molecule has 0 aromatic heterocycles. The number of hydrogen-bond donors (Lipinski definition) is 2. The van der Waals surface area contributed by atoms with Gasteiger partial charge in [-0.2, -0.15) is 0 Å². The highest BCUT2D eigenvalue weighted by Crippen LogP contribution is 2.15. The van der Waals surface area contributed by atoms with Crippen molar-refractivity contribution in [2.24, 2.45) is 10.9 Å². The van der Waals surface area contributed by atoms with Crippen molar-refractivity contribution in [3.05, 3.63) is 0 Å². The van der Waals surface area contributed by atoms with Crippen LogP contribution in [0.5, 0.6) is 0 Å². The molecular formula is C13H28N4O2S. The molecule has 2 N–H and O–H groups in total. The number of rotatable bonds is 6. The Morgan fingerprint density at radius 2 is 2.15 bits per heavy atom. The normalized spacial score (nSPS) is 21.1. The maximum absolute atomic E-state index is 11.3. The van der Waals surface area contributed by atoms with Crippen LogP contribution in [-0.4, -0.2) is 57.8 Å². The molecule has 1 aliphatic rings. The Bertz CT molecular complexity index is 409. The Labute approximate surface area is 123 Å². The zero-order chi connectivity index (χ0) is 15.0. The van der Waals surface area contributed by atoms with Crippen LogP contribution in [0.3, 0.4) is 0 Å². The Hall–Kier alpha value is -0.820. The second-order valence-electron chi connectivity index (χ2n) is 5.23. The topological polar surface area (TPSA) is 73.8 Å². The number of aliphatic imine (C=N–C) groups is 1. The number of piperidine rings is 1. The van der Waals surface area contributed by atoms with Crippen molar-refractivity contribution in [1.82, 2.24) is 14.9 Å². The minimum Gasteiger partial charge on any atom is -0.357 e. The molecule has 6 nitrogen and oxygen atoms in total. The first-order chi connectivity index (χ1) is 9.48. The van der Waals surface area contributed by atoms with E-state index < -0.39 is 10.0 Å². The zero-order valence-corrected chi connectivity index (χ0v) is 13.7. The predicted octanol–water partition coefficient (Wildman–Crippen LogP) is 0.623. The molecule has 1 unspecified atom stereocenters. The summed E-state index contributed by atoms with van der Waals surface area (Å²) in [6, 6.07) is 0. The number of sulfonamides is 1. The van der Waals surface area contributed by atoms with Crippen LogP contribution in [0.1, 0.15) is 33.6 Å². The Balaban J connectivity index is 2.50. The first-order valence-electron chi connectivity index (χ1n) is 7.49. The van der Waals surface area contributed by atoms with E-state index in [-0.39, 0.29) is 5.75 Å². The van der Waals surface area contributed by atoms with Crippen LogP contribution in [0, 0.1) is 5.92 Å². The van der Waals surface area contributed by atoms with Crippen LogP contribution in [0.4, 0.5) is 0 Å². The van der Waals surface area contributed by atoms with Crippen molar-refractivity contribution < 1.29 is 8.42 Å². The van der Waals surface area contributed by atoms with Gasteiger partial charge in [0.2, 0.25) is 10.0 Å². The summed E-state index contributed by atoms with van der Waals surface area (Å²) in [4.78, 5) is 6.78. The quantitative estimate of drug-likeness (QED) is 0.429. The standard InChI is InChI=1S/C13H28N4O2S/c1-4-14-13(17-10-6-7-12(3)11-17)15-8-9-16-20(18,19)5-2/h12,16H,4-11H2,1-3H3,(H,14,15). The van der Waals surface area contributed by atoms with E-state index in [1.54, 1.807) is 6.92 Å². The van der Waals surface area contributed by atoms with Gasteiger partial charge in [0.05, 0.1) is 12.3 Å². The lowest BCUT2D eigenvalue weighted by atomic mass is 10.0. The van der Waals surface area contributed by atoms with Gasteiger partial charge < -0.3 is 10.2 Å². The highest BCUT2D eigenvalue weighted by molar-refractivity contribution is 7.89. The summed E-state index contributed by atoms with van der Waals surface area (Å²) in [7, 11) is -3.12. The van der Waals surface area contributed by atoms with Crippen molar-refractivity contribution in [1.29, 1.82) is 0 Å². The Kier molecular flexibility index (Phi) is 7.29. The maximum Gasteiger partial charge on any atom is 0.211 e. The fourth-order valence-electron chi connectivity index (χ4n) is 2.27. The predicted molar refractivity (Wildman–Crippen MR) is 83.4 cm³/mol. The molecule has 1 saturated heterocycles. The maximum atomic E-state index is 11.3. The molecule has 118 valence electrons. The van der Waals surface area contributed by atoms with Crippen LogP contribution in [-0.2, 0) is 10.0 Å². The molecule has 1 heterocycles. The fraction of sp³-hybridized carbons (Fsp3) is 0.923. The van der Waals surface area contributed by atoms with Gasteiger partial charge in [-0.05, 0) is 32.6 Å². The summed E-state index contributed by atoms with van der Waals surface area (Å²) < 4.78 is 25.2. The van der Waals surface area contributed by atoms with Gasteiger partial charge in [0.15, 0.2) is 5.96 Å². The van der Waals surface area contributed by atoms with E-state index in [1.165, 1.54) is 12.8 Å². The third-order valence-electron chi connectivity index (χ3n) is 3.37. The van der Waals surface area contributed by atoms with E-state index in [2.05, 4.69) is 26.9 Å². The molecule has 1 rings (SSSR count). The summed E-state index contributed by atoms with van der Waals surface area (Å²) in [5, 5.41) is 3.28. The first kappa shape index (κ1) is 17.2. The van der Waals surface area contributed by atoms with Crippen LogP contribution < -0.4 is 10.0 Å². The summed E-state index contributed by atoms with van der Waals surface area (Å²) in [5.41, 5.74) is 0. The van der Waals surface area contributed by atoms with Crippen molar-refractivity contribution in [2.45, 2.75) is 33.6 Å². The van der Waals surface area contributed by atoms with E-state index in [1.807, 2.05) is 6.92 Å². The lowest BCUT2D eigenvalue weighted by Gasteiger charge is -2.33. The molecule has 1 fully saturated rings. The number of hydrogen-bond acceptors (Lipinski definition) is 3. The minimum atomic E-state index is -3.12. The van der Waals surface area contributed by atoms with Gasteiger partial charge in [-0.3, -0.25) is 4.99 Å². The average Bonchev–Trinajstić information content (AvgIpc) is 2.42. The first-order valence-corrected chi connectivity index (χ1v) is 9.14. The highest BCUT2D eigenvalue weighted by Gasteiger charge is 2.18. The molecule has 0 saturated carbocycles. The van der Waals surface area contributed by atoms with E-state index in [4.69, 9.17) is 0 Å². The zero-order valence-electron chi connectivity index (χ0n) is 12.9. The molecule has 0 aliphatic carbocycles. The van der Waals surface area contributed by atoms with Crippen LogP contribution in [0.25, 0.3) is 0 Å². The van der Waals surface area contributed by atoms with Gasteiger partial charge in [-0.1, -0.05) is 6.92 Å². The van der Waals surface area contributed by atoms with E-state index in [0.29, 0.717) is 19.0 Å². The number of nitrogens with zero attached hydrogens (tertiary/aromatic N) is 2. The molecule has 0 radical (unpaired) electrons. The number of nitrogens with one attached hydrogen (secondary N) is 2. The molecule has 0 aromatic carbocycles. The lowest BCUT2D eigenvalue weighted by Crippen LogP contribution is -2.46. The smallest absolute Gasteiger partial charge is 0.211 e.